The number of allylic oxidation sites excluding steroid dienone is 6. The van der Waals surface area contributed by atoms with E-state index in [1.165, 1.54) is 28.0 Å². The lowest BCUT2D eigenvalue weighted by molar-refractivity contribution is 0.484. The Morgan fingerprint density at radius 2 is 1.96 bits per heavy atom. The first-order valence-electron chi connectivity index (χ1n) is 9.15. The summed E-state index contributed by atoms with van der Waals surface area (Å²) in [6.07, 6.45) is 9.29. The fourth-order valence-corrected chi connectivity index (χ4v) is 4.99. The monoisotopic (exact) mass is 317 g/mol. The van der Waals surface area contributed by atoms with E-state index < -0.39 is 0 Å². The highest BCUT2D eigenvalue weighted by atomic mass is 15.2. The van der Waals surface area contributed by atoms with Crippen molar-refractivity contribution in [1.29, 1.82) is 0 Å². The molecule has 1 aromatic rings. The van der Waals surface area contributed by atoms with Crippen molar-refractivity contribution >= 4 is 5.69 Å². The minimum atomic E-state index is 0.120. The summed E-state index contributed by atoms with van der Waals surface area (Å²) < 4.78 is 0. The van der Waals surface area contributed by atoms with E-state index in [2.05, 4.69) is 88.1 Å². The second kappa shape index (κ2) is 5.24. The predicted octanol–water partition coefficient (Wildman–Crippen LogP) is 5.78. The first kappa shape index (κ1) is 15.5. The Bertz CT molecular complexity index is 816. The molecule has 0 N–H and O–H groups in total. The summed E-state index contributed by atoms with van der Waals surface area (Å²) in [5.41, 5.74) is 9.05. The van der Waals surface area contributed by atoms with E-state index in [1.807, 2.05) is 0 Å². The van der Waals surface area contributed by atoms with Gasteiger partial charge in [-0.15, -0.1) is 0 Å². The van der Waals surface area contributed by atoms with Crippen LogP contribution in [0.5, 0.6) is 0 Å². The number of benzene rings is 1. The Balaban J connectivity index is 1.94. The van der Waals surface area contributed by atoms with Crippen molar-refractivity contribution in [2.24, 2.45) is 5.41 Å². The number of nitrogens with zero attached hydrogens (tertiary/aromatic N) is 1. The molecule has 0 saturated heterocycles. The third-order valence-corrected chi connectivity index (χ3v) is 6.32. The van der Waals surface area contributed by atoms with Crippen LogP contribution in [0.4, 0.5) is 5.69 Å². The van der Waals surface area contributed by atoms with Crippen LogP contribution in [0.2, 0.25) is 0 Å². The zero-order chi connectivity index (χ0) is 17.1. The molecule has 1 heteroatoms. The second-order valence-corrected chi connectivity index (χ2v) is 7.66. The van der Waals surface area contributed by atoms with Gasteiger partial charge in [0.1, 0.15) is 0 Å². The highest BCUT2D eigenvalue weighted by molar-refractivity contribution is 5.73. The predicted molar refractivity (Wildman–Crippen MR) is 103 cm³/mol. The molecule has 0 fully saturated rings. The maximum Gasteiger partial charge on any atom is 0.0583 e. The molecule has 3 aliphatic rings. The SMILES string of the molecule is C/C=C\C1=C(C)C(C)(C)C2=C1C=CC1C2c2ccccc2N1CC. The molecular formula is C23H27N. The van der Waals surface area contributed by atoms with Crippen LogP contribution in [0.3, 0.4) is 0 Å². The summed E-state index contributed by atoms with van der Waals surface area (Å²) in [4.78, 5) is 2.57. The fourth-order valence-electron chi connectivity index (χ4n) is 4.99. The Morgan fingerprint density at radius 3 is 2.67 bits per heavy atom. The third kappa shape index (κ3) is 1.81. The molecule has 1 heterocycles. The quantitative estimate of drug-likeness (QED) is 0.668. The van der Waals surface area contributed by atoms with Gasteiger partial charge in [0.15, 0.2) is 0 Å². The number of anilines is 1. The summed E-state index contributed by atoms with van der Waals surface area (Å²) in [7, 11) is 0. The molecule has 0 bridgehead atoms. The van der Waals surface area contributed by atoms with Crippen molar-refractivity contribution in [3.63, 3.8) is 0 Å². The van der Waals surface area contributed by atoms with Crippen LogP contribution in [-0.2, 0) is 0 Å². The summed E-state index contributed by atoms with van der Waals surface area (Å²) in [6.45, 7) is 12.6. The lowest BCUT2D eigenvalue weighted by atomic mass is 9.70. The van der Waals surface area contributed by atoms with Crippen molar-refractivity contribution in [2.45, 2.75) is 46.6 Å². The van der Waals surface area contributed by atoms with Gasteiger partial charge in [0.2, 0.25) is 0 Å². The molecule has 2 unspecified atom stereocenters. The molecule has 124 valence electrons. The smallest absolute Gasteiger partial charge is 0.0583 e. The van der Waals surface area contributed by atoms with E-state index in [1.54, 1.807) is 5.57 Å². The van der Waals surface area contributed by atoms with E-state index in [0.717, 1.165) is 6.54 Å². The molecule has 4 rings (SSSR count). The van der Waals surface area contributed by atoms with Gasteiger partial charge in [-0.25, -0.2) is 0 Å². The molecule has 24 heavy (non-hydrogen) atoms. The van der Waals surface area contributed by atoms with E-state index in [-0.39, 0.29) is 5.41 Å². The molecule has 1 aliphatic heterocycles. The van der Waals surface area contributed by atoms with Crippen molar-refractivity contribution in [3.05, 3.63) is 76.4 Å². The molecule has 0 spiro atoms. The maximum absolute atomic E-state index is 2.57. The number of rotatable bonds is 2. The average Bonchev–Trinajstić information content (AvgIpc) is 3.00. The van der Waals surface area contributed by atoms with Gasteiger partial charge in [-0.2, -0.15) is 0 Å². The summed E-state index contributed by atoms with van der Waals surface area (Å²) in [6, 6.07) is 9.46. The minimum Gasteiger partial charge on any atom is -0.364 e. The number of hydrogen-bond acceptors (Lipinski definition) is 1. The molecular weight excluding hydrogens is 290 g/mol. The average molecular weight is 317 g/mol. The Morgan fingerprint density at radius 1 is 1.21 bits per heavy atom. The maximum atomic E-state index is 2.57. The zero-order valence-corrected chi connectivity index (χ0v) is 15.4. The molecule has 2 aliphatic carbocycles. The lowest BCUT2D eigenvalue weighted by Crippen LogP contribution is -2.36. The van der Waals surface area contributed by atoms with Crippen LogP contribution in [0.25, 0.3) is 0 Å². The Kier molecular flexibility index (Phi) is 3.38. The topological polar surface area (TPSA) is 3.24 Å². The van der Waals surface area contributed by atoms with Gasteiger partial charge in [-0.3, -0.25) is 0 Å². The van der Waals surface area contributed by atoms with Gasteiger partial charge in [-0.1, -0.05) is 61.9 Å². The fraction of sp³-hybridized carbons (Fsp3) is 0.391. The van der Waals surface area contributed by atoms with Gasteiger partial charge < -0.3 is 4.90 Å². The van der Waals surface area contributed by atoms with Gasteiger partial charge in [-0.05, 0) is 49.1 Å². The van der Waals surface area contributed by atoms with E-state index in [4.69, 9.17) is 0 Å². The number of para-hydroxylation sites is 1. The zero-order valence-electron chi connectivity index (χ0n) is 15.4. The van der Waals surface area contributed by atoms with Crippen LogP contribution in [0.15, 0.2) is 70.9 Å². The normalized spacial score (nSPS) is 27.1. The van der Waals surface area contributed by atoms with Crippen LogP contribution in [-0.4, -0.2) is 12.6 Å². The molecule has 1 aromatic carbocycles. The number of fused-ring (bicyclic) bond motifs is 4. The first-order valence-corrected chi connectivity index (χ1v) is 9.15. The van der Waals surface area contributed by atoms with E-state index in [0.29, 0.717) is 12.0 Å². The van der Waals surface area contributed by atoms with E-state index >= 15 is 0 Å². The van der Waals surface area contributed by atoms with Crippen molar-refractivity contribution < 1.29 is 0 Å². The first-order chi connectivity index (χ1) is 11.5. The molecule has 1 nitrogen and oxygen atoms in total. The molecule has 0 radical (unpaired) electrons. The number of likely N-dealkylation sites (N-methyl/N-ethyl adjacent to an activating group) is 1. The van der Waals surface area contributed by atoms with Crippen LogP contribution < -0.4 is 4.90 Å². The largest absolute Gasteiger partial charge is 0.364 e. The summed E-state index contributed by atoms with van der Waals surface area (Å²) >= 11 is 0. The van der Waals surface area contributed by atoms with E-state index in [9.17, 15) is 0 Å². The Labute approximate surface area is 146 Å². The Hall–Kier alpha value is -2.02. The van der Waals surface area contributed by atoms with Crippen LogP contribution in [0, 0.1) is 5.41 Å². The third-order valence-electron chi connectivity index (χ3n) is 6.32. The standard InChI is InChI=1S/C23H27N/c1-6-10-16-15(3)23(4,5)22-17(16)13-14-20-21(22)18-11-8-9-12-19(18)24(20)7-2/h6,8-14,20-21H,7H2,1-5H3/b10-6-. The highest BCUT2D eigenvalue weighted by Crippen LogP contribution is 2.59. The van der Waals surface area contributed by atoms with Crippen molar-refractivity contribution in [1.82, 2.24) is 0 Å². The number of hydrogen-bond donors (Lipinski definition) is 0. The highest BCUT2D eigenvalue weighted by Gasteiger charge is 2.48. The van der Waals surface area contributed by atoms with Gasteiger partial charge in [0.25, 0.3) is 0 Å². The molecule has 0 saturated carbocycles. The van der Waals surface area contributed by atoms with Crippen molar-refractivity contribution in [2.75, 3.05) is 11.4 Å². The lowest BCUT2D eigenvalue weighted by Gasteiger charge is -2.36. The van der Waals surface area contributed by atoms with Crippen LogP contribution in [0.1, 0.15) is 46.1 Å². The second-order valence-electron chi connectivity index (χ2n) is 7.66. The van der Waals surface area contributed by atoms with Gasteiger partial charge in [0, 0.05) is 23.6 Å². The molecule has 0 aromatic heterocycles. The molecule has 0 amide bonds. The van der Waals surface area contributed by atoms with Gasteiger partial charge in [0.05, 0.1) is 6.04 Å². The van der Waals surface area contributed by atoms with Crippen LogP contribution >= 0.6 is 0 Å². The summed E-state index contributed by atoms with van der Waals surface area (Å²) in [5.74, 6) is 0.480. The van der Waals surface area contributed by atoms with Crippen molar-refractivity contribution in [3.8, 4) is 0 Å². The summed E-state index contributed by atoms with van der Waals surface area (Å²) in [5, 5.41) is 0. The molecule has 2 atom stereocenters. The minimum absolute atomic E-state index is 0.120. The van der Waals surface area contributed by atoms with Gasteiger partial charge >= 0.3 is 0 Å².